The Kier molecular flexibility index (Phi) is 5.40. The van der Waals surface area contributed by atoms with Crippen LogP contribution >= 0.6 is 12.2 Å². The highest BCUT2D eigenvalue weighted by molar-refractivity contribution is 7.71. The van der Waals surface area contributed by atoms with E-state index < -0.39 is 0 Å². The topological polar surface area (TPSA) is 52.6 Å². The summed E-state index contributed by atoms with van der Waals surface area (Å²) in [7, 11) is 3.67. The van der Waals surface area contributed by atoms with Gasteiger partial charge in [0.05, 0.1) is 33.3 Å². The summed E-state index contributed by atoms with van der Waals surface area (Å²) >= 11 is 5.62. The monoisotopic (exact) mass is 397 g/mol. The molecule has 1 aliphatic rings. The lowest BCUT2D eigenvalue weighted by atomic mass is 10.2. The van der Waals surface area contributed by atoms with Crippen molar-refractivity contribution in [1.82, 2.24) is 19.3 Å². The Hall–Kier alpha value is -2.71. The van der Waals surface area contributed by atoms with Crippen LogP contribution in [0.1, 0.15) is 0 Å². The van der Waals surface area contributed by atoms with Crippen molar-refractivity contribution in [1.29, 1.82) is 0 Å². The molecule has 7 nitrogen and oxygen atoms in total. The van der Waals surface area contributed by atoms with Crippen molar-refractivity contribution >= 4 is 17.9 Å². The van der Waals surface area contributed by atoms with Gasteiger partial charge in [0.25, 0.3) is 0 Å². The Labute approximate surface area is 169 Å². The highest BCUT2D eigenvalue weighted by atomic mass is 32.1. The van der Waals surface area contributed by atoms with E-state index in [4.69, 9.17) is 22.1 Å². The van der Waals surface area contributed by atoms with Crippen LogP contribution in [0.15, 0.2) is 48.8 Å². The second kappa shape index (κ2) is 8.12. The molecule has 0 unspecified atom stereocenters. The maximum Gasteiger partial charge on any atom is 0.202 e. The highest BCUT2D eigenvalue weighted by Crippen LogP contribution is 2.19. The quantitative estimate of drug-likeness (QED) is 0.660. The highest BCUT2D eigenvalue weighted by Gasteiger charge is 2.22. The number of hydrogen-bond donors (Lipinski definition) is 1. The Bertz CT molecular complexity index is 974. The molecule has 1 fully saturated rings. The van der Waals surface area contributed by atoms with E-state index in [9.17, 15) is 0 Å². The number of benzene rings is 1. The second-order valence-corrected chi connectivity index (χ2v) is 7.36. The number of methoxy groups -OCH3 is 1. The zero-order valence-corrected chi connectivity index (χ0v) is 17.0. The number of nitrogens with one attached hydrogen (secondary N) is 1. The lowest BCUT2D eigenvalue weighted by molar-refractivity contribution is -0.924. The number of pyridine rings is 1. The third kappa shape index (κ3) is 3.79. The maximum atomic E-state index is 5.62. The zero-order chi connectivity index (χ0) is 19.5. The molecule has 0 aliphatic carbocycles. The van der Waals surface area contributed by atoms with E-state index in [2.05, 4.69) is 22.0 Å². The summed E-state index contributed by atoms with van der Waals surface area (Å²) < 4.78 is 9.91. The van der Waals surface area contributed by atoms with Gasteiger partial charge in [-0.15, -0.1) is 5.10 Å². The molecule has 0 bridgehead atoms. The SMILES string of the molecule is COc1ccc(N2CC[NH+](Cn3nc(-c4ccncc4)n(C)c3=S)CC2)cc1. The fourth-order valence-corrected chi connectivity index (χ4v) is 3.78. The Morgan fingerprint density at radius 3 is 2.39 bits per heavy atom. The van der Waals surface area contributed by atoms with Crippen LogP contribution in [0.5, 0.6) is 5.75 Å². The molecular formula is C20H25N6OS+. The summed E-state index contributed by atoms with van der Waals surface area (Å²) in [6, 6.07) is 12.2. The molecule has 8 heteroatoms. The third-order valence-electron chi connectivity index (χ3n) is 5.26. The molecule has 3 aromatic rings. The van der Waals surface area contributed by atoms with Gasteiger partial charge in [-0.25, -0.2) is 0 Å². The van der Waals surface area contributed by atoms with Crippen molar-refractivity contribution in [3.8, 4) is 17.1 Å². The van der Waals surface area contributed by atoms with Crippen molar-refractivity contribution in [3.05, 3.63) is 53.6 Å². The lowest BCUT2D eigenvalue weighted by Crippen LogP contribution is -3.14. The molecule has 2 aromatic heterocycles. The Morgan fingerprint density at radius 2 is 1.75 bits per heavy atom. The minimum Gasteiger partial charge on any atom is -0.497 e. The molecule has 0 atom stereocenters. The number of hydrogen-bond acceptors (Lipinski definition) is 5. The van der Waals surface area contributed by atoms with Gasteiger partial charge in [0.1, 0.15) is 5.75 Å². The average molecular weight is 398 g/mol. The summed E-state index contributed by atoms with van der Waals surface area (Å²) in [6.07, 6.45) is 3.56. The third-order valence-corrected chi connectivity index (χ3v) is 5.75. The molecule has 1 N–H and O–H groups in total. The smallest absolute Gasteiger partial charge is 0.202 e. The van der Waals surface area contributed by atoms with E-state index in [0.717, 1.165) is 54.8 Å². The number of nitrogens with zero attached hydrogens (tertiary/aromatic N) is 5. The molecule has 0 radical (unpaired) electrons. The van der Waals surface area contributed by atoms with Crippen LogP contribution in [0.25, 0.3) is 11.4 Å². The van der Waals surface area contributed by atoms with Gasteiger partial charge in [-0.1, -0.05) is 0 Å². The zero-order valence-electron chi connectivity index (χ0n) is 16.2. The lowest BCUT2D eigenvalue weighted by Gasteiger charge is -2.33. The largest absolute Gasteiger partial charge is 0.497 e. The van der Waals surface area contributed by atoms with Gasteiger partial charge in [0.15, 0.2) is 12.5 Å². The molecule has 4 rings (SSSR count). The molecular weight excluding hydrogens is 372 g/mol. The second-order valence-electron chi connectivity index (χ2n) is 6.99. The number of anilines is 1. The van der Waals surface area contributed by atoms with Crippen LogP contribution in [0.3, 0.4) is 0 Å². The van der Waals surface area contributed by atoms with Gasteiger partial charge in [-0.3, -0.25) is 4.98 Å². The fraction of sp³-hybridized carbons (Fsp3) is 0.350. The number of rotatable bonds is 5. The summed E-state index contributed by atoms with van der Waals surface area (Å²) in [5.41, 5.74) is 2.27. The van der Waals surface area contributed by atoms with Gasteiger partial charge in [-0.05, 0) is 48.6 Å². The minimum atomic E-state index is 0.747. The molecule has 146 valence electrons. The summed E-state index contributed by atoms with van der Waals surface area (Å²) in [4.78, 5) is 7.99. The fourth-order valence-electron chi connectivity index (χ4n) is 3.59. The van der Waals surface area contributed by atoms with Crippen molar-refractivity contribution in [2.45, 2.75) is 6.67 Å². The van der Waals surface area contributed by atoms with Crippen molar-refractivity contribution < 1.29 is 9.64 Å². The molecule has 0 spiro atoms. The molecule has 1 aromatic carbocycles. The average Bonchev–Trinajstić information content (AvgIpc) is 3.03. The number of aromatic nitrogens is 4. The number of ether oxygens (including phenoxy) is 1. The van der Waals surface area contributed by atoms with Crippen LogP contribution in [-0.2, 0) is 13.7 Å². The summed E-state index contributed by atoms with van der Waals surface area (Å²) in [5, 5.41) is 4.77. The van der Waals surface area contributed by atoms with E-state index in [0.29, 0.717) is 0 Å². The normalized spacial score (nSPS) is 15.0. The van der Waals surface area contributed by atoms with Crippen LogP contribution in [0.2, 0.25) is 0 Å². The van der Waals surface area contributed by atoms with Gasteiger partial charge in [0.2, 0.25) is 4.77 Å². The van der Waals surface area contributed by atoms with E-state index in [1.807, 2.05) is 40.6 Å². The van der Waals surface area contributed by atoms with Gasteiger partial charge >= 0.3 is 0 Å². The van der Waals surface area contributed by atoms with Crippen LogP contribution in [0, 0.1) is 4.77 Å². The molecule has 1 saturated heterocycles. The van der Waals surface area contributed by atoms with Gasteiger partial charge in [0, 0.05) is 30.7 Å². The first kappa shape index (κ1) is 18.6. The predicted molar refractivity (Wildman–Crippen MR) is 111 cm³/mol. The van der Waals surface area contributed by atoms with Gasteiger partial charge in [-0.2, -0.15) is 4.68 Å². The molecule has 0 saturated carbocycles. The first-order valence-electron chi connectivity index (χ1n) is 9.42. The summed E-state index contributed by atoms with van der Waals surface area (Å²) in [6.45, 7) is 4.91. The molecule has 28 heavy (non-hydrogen) atoms. The number of piperazine rings is 1. The van der Waals surface area contributed by atoms with E-state index in [1.54, 1.807) is 19.5 Å². The van der Waals surface area contributed by atoms with Crippen molar-refractivity contribution in [2.24, 2.45) is 7.05 Å². The van der Waals surface area contributed by atoms with Crippen LogP contribution in [0.4, 0.5) is 5.69 Å². The standard InChI is InChI=1S/C20H24N6OS/c1-23-19(16-7-9-21-10-8-16)22-26(20(23)28)15-24-11-13-25(14-12-24)17-3-5-18(27-2)6-4-17/h3-10H,11-15H2,1-2H3/p+1. The maximum absolute atomic E-state index is 5.62. The van der Waals surface area contributed by atoms with Crippen LogP contribution < -0.4 is 14.5 Å². The molecule has 1 aliphatic heterocycles. The predicted octanol–water partition coefficient (Wildman–Crippen LogP) is 1.38. The Morgan fingerprint density at radius 1 is 1.07 bits per heavy atom. The number of quaternary nitrogens is 1. The Balaban J connectivity index is 1.42. The van der Waals surface area contributed by atoms with E-state index in [1.165, 1.54) is 10.6 Å². The first-order chi connectivity index (χ1) is 13.7. The summed E-state index contributed by atoms with van der Waals surface area (Å²) in [5.74, 6) is 1.77. The van der Waals surface area contributed by atoms with E-state index in [-0.39, 0.29) is 0 Å². The molecule has 3 heterocycles. The van der Waals surface area contributed by atoms with E-state index >= 15 is 0 Å². The van der Waals surface area contributed by atoms with Crippen molar-refractivity contribution in [2.75, 3.05) is 38.2 Å². The van der Waals surface area contributed by atoms with Gasteiger partial charge < -0.3 is 19.1 Å². The first-order valence-corrected chi connectivity index (χ1v) is 9.83. The minimum absolute atomic E-state index is 0.747. The van der Waals surface area contributed by atoms with Crippen molar-refractivity contribution in [3.63, 3.8) is 0 Å². The molecule has 0 amide bonds. The van der Waals surface area contributed by atoms with Crippen LogP contribution in [-0.4, -0.2) is 52.6 Å².